The predicted molar refractivity (Wildman–Crippen MR) is 103 cm³/mol. The van der Waals surface area contributed by atoms with E-state index in [4.69, 9.17) is 0 Å². The molecular formula is C22H17N3O2. The Hall–Kier alpha value is -3.39. The largest absolute Gasteiger partial charge is 0.346 e. The molecule has 1 fully saturated rings. The number of nitrogens with zero attached hydrogens (tertiary/aromatic N) is 2. The average Bonchev–Trinajstić information content (AvgIpc) is 3.39. The maximum Gasteiger partial charge on any atom is 0.261 e. The molecule has 0 radical (unpaired) electrons. The Morgan fingerprint density at radius 1 is 1.15 bits per heavy atom. The third kappa shape index (κ3) is 2.37. The number of aromatic nitrogens is 1. The number of amides is 1. The fourth-order valence-electron chi connectivity index (χ4n) is 3.98. The highest BCUT2D eigenvalue weighted by Crippen LogP contribution is 2.47. The van der Waals surface area contributed by atoms with Crippen LogP contribution in [-0.2, 0) is 18.4 Å². The summed E-state index contributed by atoms with van der Waals surface area (Å²) in [4.78, 5) is 25.6. The van der Waals surface area contributed by atoms with Gasteiger partial charge in [0.05, 0.1) is 17.0 Å². The number of pyridine rings is 1. The van der Waals surface area contributed by atoms with Crippen molar-refractivity contribution >= 4 is 22.5 Å². The number of nitrogens with one attached hydrogen (secondary N) is 1. The lowest BCUT2D eigenvalue weighted by molar-refractivity contribution is 0.102. The summed E-state index contributed by atoms with van der Waals surface area (Å²) in [6.45, 7) is 0.779. The Labute approximate surface area is 155 Å². The predicted octanol–water partition coefficient (Wildman–Crippen LogP) is 3.37. The van der Waals surface area contributed by atoms with Gasteiger partial charge in [0.1, 0.15) is 5.56 Å². The number of nitriles is 1. The Bertz CT molecular complexity index is 1200. The van der Waals surface area contributed by atoms with Crippen LogP contribution in [0.2, 0.25) is 0 Å². The third-order valence-electron chi connectivity index (χ3n) is 5.71. The Morgan fingerprint density at radius 3 is 2.63 bits per heavy atom. The Kier molecular flexibility index (Phi) is 3.26. The van der Waals surface area contributed by atoms with Crippen LogP contribution >= 0.6 is 0 Å². The minimum absolute atomic E-state index is 0.154. The lowest BCUT2D eigenvalue weighted by Gasteiger charge is -2.11. The first kappa shape index (κ1) is 15.8. The highest BCUT2D eigenvalue weighted by Gasteiger charge is 2.44. The molecule has 1 aliphatic heterocycles. The van der Waals surface area contributed by atoms with Crippen LogP contribution in [0, 0.1) is 11.3 Å². The second kappa shape index (κ2) is 5.55. The zero-order valence-corrected chi connectivity index (χ0v) is 14.7. The monoisotopic (exact) mass is 355 g/mol. The van der Waals surface area contributed by atoms with E-state index in [0.717, 1.165) is 42.5 Å². The summed E-state index contributed by atoms with van der Waals surface area (Å²) >= 11 is 0. The number of carbonyl (C=O) groups is 1. The molecule has 1 amide bonds. The summed E-state index contributed by atoms with van der Waals surface area (Å²) in [7, 11) is 0. The lowest BCUT2D eigenvalue weighted by atomic mass is 9.97. The van der Waals surface area contributed by atoms with Gasteiger partial charge < -0.3 is 9.88 Å². The molecule has 1 aromatic heterocycles. The second-order valence-corrected chi connectivity index (χ2v) is 7.35. The molecule has 0 spiro atoms. The first-order chi connectivity index (χ1) is 13.1. The highest BCUT2D eigenvalue weighted by atomic mass is 16.2. The fraction of sp³-hybridized carbons (Fsp3) is 0.227. The van der Waals surface area contributed by atoms with E-state index in [9.17, 15) is 14.9 Å². The van der Waals surface area contributed by atoms with Gasteiger partial charge in [0.2, 0.25) is 5.43 Å². The molecule has 2 aromatic carbocycles. The van der Waals surface area contributed by atoms with Crippen molar-refractivity contribution in [1.29, 1.82) is 5.26 Å². The molecular weight excluding hydrogens is 338 g/mol. The summed E-state index contributed by atoms with van der Waals surface area (Å²) in [6, 6.07) is 15.4. The molecule has 5 heteroatoms. The molecule has 0 unspecified atom stereocenters. The third-order valence-corrected chi connectivity index (χ3v) is 5.71. The van der Waals surface area contributed by atoms with Crippen molar-refractivity contribution in [2.24, 2.45) is 0 Å². The minimum atomic E-state index is -0.405. The van der Waals surface area contributed by atoms with Crippen LogP contribution < -0.4 is 10.7 Å². The zero-order chi connectivity index (χ0) is 18.6. The molecule has 2 heterocycles. The number of hydrogen-bond acceptors (Lipinski definition) is 3. The number of carbonyl (C=O) groups excluding carboxylic acids is 1. The van der Waals surface area contributed by atoms with Crippen molar-refractivity contribution in [2.45, 2.75) is 31.2 Å². The number of benzene rings is 2. The molecule has 1 aliphatic carbocycles. The van der Waals surface area contributed by atoms with E-state index >= 15 is 0 Å². The second-order valence-electron chi connectivity index (χ2n) is 7.35. The molecule has 1 saturated carbocycles. The van der Waals surface area contributed by atoms with Gasteiger partial charge in [-0.1, -0.05) is 24.3 Å². The first-order valence-corrected chi connectivity index (χ1v) is 9.09. The van der Waals surface area contributed by atoms with Crippen molar-refractivity contribution in [1.82, 2.24) is 4.57 Å². The van der Waals surface area contributed by atoms with E-state index < -0.39 is 5.91 Å². The molecule has 0 saturated heterocycles. The van der Waals surface area contributed by atoms with Crippen LogP contribution in [0.4, 0.5) is 5.69 Å². The van der Waals surface area contributed by atoms with Crippen molar-refractivity contribution in [3.63, 3.8) is 0 Å². The van der Waals surface area contributed by atoms with Gasteiger partial charge in [-0.05, 0) is 48.6 Å². The Balaban J connectivity index is 1.47. The highest BCUT2D eigenvalue weighted by molar-refractivity contribution is 6.06. The molecule has 2 aliphatic rings. The topological polar surface area (TPSA) is 74.9 Å². The van der Waals surface area contributed by atoms with E-state index in [2.05, 4.69) is 11.4 Å². The first-order valence-electron chi connectivity index (χ1n) is 9.09. The van der Waals surface area contributed by atoms with Crippen molar-refractivity contribution in [3.05, 3.63) is 75.6 Å². The quantitative estimate of drug-likeness (QED) is 0.783. The molecule has 27 heavy (non-hydrogen) atoms. The SMILES string of the molecule is N#CC1(c2ccc(NC(=O)c3cn4c5c(cccc5c3=O)CC4)cc2)CC1. The van der Waals surface area contributed by atoms with Crippen molar-refractivity contribution in [2.75, 3.05) is 5.32 Å². The standard InChI is InChI=1S/C22H17N3O2/c23-13-22(9-10-22)15-4-6-16(7-5-15)24-21(27)18-12-25-11-8-14-2-1-3-17(19(14)25)20(18)26/h1-7,12H,8-11H2,(H,24,27). The maximum atomic E-state index is 12.8. The van der Waals surface area contributed by atoms with E-state index in [1.807, 2.05) is 28.8 Å². The van der Waals surface area contributed by atoms with Gasteiger partial charge in [0.25, 0.3) is 5.91 Å². The lowest BCUT2D eigenvalue weighted by Crippen LogP contribution is -2.23. The number of rotatable bonds is 3. The van der Waals surface area contributed by atoms with E-state index in [0.29, 0.717) is 11.1 Å². The molecule has 132 valence electrons. The number of hydrogen-bond donors (Lipinski definition) is 1. The number of aryl methyl sites for hydroxylation is 2. The molecule has 5 nitrogen and oxygen atoms in total. The van der Waals surface area contributed by atoms with Gasteiger partial charge in [-0.3, -0.25) is 9.59 Å². The molecule has 0 bridgehead atoms. The van der Waals surface area contributed by atoms with E-state index in [1.165, 1.54) is 0 Å². The average molecular weight is 355 g/mol. The summed E-state index contributed by atoms with van der Waals surface area (Å²) in [5, 5.41) is 12.7. The van der Waals surface area contributed by atoms with Crippen LogP contribution in [0.1, 0.15) is 34.3 Å². The van der Waals surface area contributed by atoms with Gasteiger partial charge in [-0.15, -0.1) is 0 Å². The van der Waals surface area contributed by atoms with Gasteiger partial charge in [-0.2, -0.15) is 5.26 Å². The van der Waals surface area contributed by atoms with E-state index in [1.54, 1.807) is 24.4 Å². The Morgan fingerprint density at radius 2 is 1.93 bits per heavy atom. The summed E-state index contributed by atoms with van der Waals surface area (Å²) in [6.07, 6.45) is 4.31. The van der Waals surface area contributed by atoms with Crippen molar-refractivity contribution < 1.29 is 4.79 Å². The van der Waals surface area contributed by atoms with Crippen LogP contribution in [0.3, 0.4) is 0 Å². The maximum absolute atomic E-state index is 12.8. The van der Waals surface area contributed by atoms with Gasteiger partial charge in [0, 0.05) is 23.8 Å². The van der Waals surface area contributed by atoms with E-state index in [-0.39, 0.29) is 16.4 Å². The molecule has 0 atom stereocenters. The summed E-state index contributed by atoms with van der Waals surface area (Å²) in [5.74, 6) is -0.405. The summed E-state index contributed by atoms with van der Waals surface area (Å²) < 4.78 is 1.99. The summed E-state index contributed by atoms with van der Waals surface area (Å²) in [5.41, 5.74) is 3.26. The minimum Gasteiger partial charge on any atom is -0.346 e. The molecule has 5 rings (SSSR count). The van der Waals surface area contributed by atoms with Crippen LogP contribution in [-0.4, -0.2) is 10.5 Å². The van der Waals surface area contributed by atoms with Gasteiger partial charge >= 0.3 is 0 Å². The zero-order valence-electron chi connectivity index (χ0n) is 14.7. The number of para-hydroxylation sites is 1. The smallest absolute Gasteiger partial charge is 0.261 e. The molecule has 1 N–H and O–H groups in total. The van der Waals surface area contributed by atoms with Crippen molar-refractivity contribution in [3.8, 4) is 6.07 Å². The number of anilines is 1. The van der Waals surface area contributed by atoms with Gasteiger partial charge in [-0.25, -0.2) is 0 Å². The fourth-order valence-corrected chi connectivity index (χ4v) is 3.98. The van der Waals surface area contributed by atoms with Gasteiger partial charge in [0.15, 0.2) is 0 Å². The van der Waals surface area contributed by atoms with Crippen LogP contribution in [0.25, 0.3) is 10.9 Å². The normalized spacial score (nSPS) is 16.1. The van der Waals surface area contributed by atoms with Crippen LogP contribution in [0.5, 0.6) is 0 Å². The molecule has 3 aromatic rings. The van der Waals surface area contributed by atoms with Crippen LogP contribution in [0.15, 0.2) is 53.5 Å².